The van der Waals surface area contributed by atoms with Crippen LogP contribution in [-0.2, 0) is 10.8 Å². The van der Waals surface area contributed by atoms with Crippen LogP contribution in [0.1, 0.15) is 49.9 Å². The maximum atomic E-state index is 2.56. The van der Waals surface area contributed by atoms with E-state index < -0.39 is 0 Å². The fraction of sp³-hybridized carbons (Fsp3) is 0.100. The molecule has 0 fully saturated rings. The molecule has 0 saturated carbocycles. The Morgan fingerprint density at radius 3 is 1.29 bits per heavy atom. The normalized spacial score (nSPS) is 14.4. The van der Waals surface area contributed by atoms with Crippen LogP contribution < -0.4 is 0 Å². The third-order valence-electron chi connectivity index (χ3n) is 14.4. The lowest BCUT2D eigenvalue weighted by Crippen LogP contribution is -2.24. The van der Waals surface area contributed by atoms with Crippen LogP contribution in [0, 0.1) is 0 Å². The number of nitrogens with zero attached hydrogens (tertiary/aromatic N) is 2. The third-order valence-corrected chi connectivity index (χ3v) is 14.4. The van der Waals surface area contributed by atoms with Gasteiger partial charge in [-0.05, 0) is 127 Å². The van der Waals surface area contributed by atoms with E-state index in [2.05, 4.69) is 231 Å². The summed E-state index contributed by atoms with van der Waals surface area (Å²) in [6.07, 6.45) is 0. The minimum atomic E-state index is -0.254. The predicted octanol–water partition coefficient (Wildman–Crippen LogP) is 15.8. The number of hydrogen-bond acceptors (Lipinski definition) is 0. The van der Waals surface area contributed by atoms with Gasteiger partial charge in [-0.3, -0.25) is 0 Å². The Hall–Kier alpha value is -7.42. The van der Waals surface area contributed by atoms with Gasteiger partial charge in [0.25, 0.3) is 0 Å². The molecule has 2 aromatic heterocycles. The van der Waals surface area contributed by atoms with Crippen LogP contribution in [0.4, 0.5) is 0 Å². The van der Waals surface area contributed by atoms with Gasteiger partial charge in [-0.1, -0.05) is 161 Å². The van der Waals surface area contributed by atoms with E-state index in [1.165, 1.54) is 122 Å². The lowest BCUT2D eigenvalue weighted by atomic mass is 9.71. The van der Waals surface area contributed by atoms with Gasteiger partial charge in [0.05, 0.1) is 22.1 Å². The highest BCUT2D eigenvalue weighted by molar-refractivity contribution is 6.11. The Kier molecular flexibility index (Phi) is 7.16. The average Bonchev–Trinajstić information content (AvgIpc) is 3.97. The van der Waals surface area contributed by atoms with E-state index in [0.717, 1.165) is 0 Å². The summed E-state index contributed by atoms with van der Waals surface area (Å²) in [7, 11) is 0. The second-order valence-corrected chi connectivity index (χ2v) is 18.5. The van der Waals surface area contributed by atoms with Gasteiger partial charge in [-0.15, -0.1) is 0 Å². The summed E-state index contributed by atoms with van der Waals surface area (Å²) in [5.74, 6) is 0. The first kappa shape index (κ1) is 35.3. The summed E-state index contributed by atoms with van der Waals surface area (Å²) in [4.78, 5) is 0. The largest absolute Gasteiger partial charge is 0.309 e. The smallest absolute Gasteiger partial charge is 0.0541 e. The van der Waals surface area contributed by atoms with E-state index in [4.69, 9.17) is 0 Å². The fourth-order valence-corrected chi connectivity index (χ4v) is 11.7. The highest BCUT2D eigenvalue weighted by atomic mass is 15.0. The van der Waals surface area contributed by atoms with Crippen LogP contribution >= 0.6 is 0 Å². The summed E-state index contributed by atoms with van der Waals surface area (Å²) in [5.41, 5.74) is 22.8. The second-order valence-electron chi connectivity index (χ2n) is 18.5. The van der Waals surface area contributed by atoms with Crippen LogP contribution in [0.2, 0.25) is 0 Å². The number of hydrogen-bond donors (Lipinski definition) is 0. The Labute approximate surface area is 362 Å². The topological polar surface area (TPSA) is 9.86 Å². The van der Waals surface area contributed by atoms with Crippen LogP contribution in [-0.4, -0.2) is 9.13 Å². The first-order valence-corrected chi connectivity index (χ1v) is 21.9. The lowest BCUT2D eigenvalue weighted by molar-refractivity contribution is 0.601. The van der Waals surface area contributed by atoms with E-state index >= 15 is 0 Å². The molecule has 0 atom stereocenters. The molecular weight excluding hydrogens is 749 g/mol. The van der Waals surface area contributed by atoms with Crippen molar-refractivity contribution in [1.82, 2.24) is 9.13 Å². The zero-order chi connectivity index (χ0) is 41.5. The molecule has 2 aliphatic rings. The summed E-state index contributed by atoms with van der Waals surface area (Å²) in [6.45, 7) is 9.84. The standard InChI is InChI=1S/C60H44N2/c1-59(2)50-31-29-40(61-52-25-12-8-21-42(52)43-22-9-13-26-53(43)61)34-47(50)48-36-46(39-20-16-19-38(33-39)37-17-6-5-7-18-37)56-49-35-41(30-32-51(49)60(3,4)58(56)57(48)59)62-54-27-14-10-23-44(54)45-24-11-15-28-55(45)62/h5-36H,1-4H3. The Bertz CT molecular complexity index is 3580. The van der Waals surface area contributed by atoms with Crippen molar-refractivity contribution < 1.29 is 0 Å². The third kappa shape index (κ3) is 4.70. The highest BCUT2D eigenvalue weighted by Crippen LogP contribution is 2.62. The second kappa shape index (κ2) is 12.6. The van der Waals surface area contributed by atoms with E-state index in [-0.39, 0.29) is 10.8 Å². The van der Waals surface area contributed by atoms with Gasteiger partial charge in [0.2, 0.25) is 0 Å². The molecule has 62 heavy (non-hydrogen) atoms. The Balaban J connectivity index is 1.10. The van der Waals surface area contributed by atoms with Crippen molar-refractivity contribution in [3.63, 3.8) is 0 Å². The molecule has 0 bridgehead atoms. The molecule has 0 amide bonds. The van der Waals surface area contributed by atoms with Crippen molar-refractivity contribution in [2.75, 3.05) is 0 Å². The van der Waals surface area contributed by atoms with Gasteiger partial charge in [0.15, 0.2) is 0 Å². The van der Waals surface area contributed by atoms with Crippen LogP contribution in [0.5, 0.6) is 0 Å². The number of fused-ring (bicyclic) bond motifs is 13. The summed E-state index contributed by atoms with van der Waals surface area (Å²) in [5, 5.41) is 5.12. The van der Waals surface area contributed by atoms with Gasteiger partial charge in [0.1, 0.15) is 0 Å². The molecular formula is C60H44N2. The minimum absolute atomic E-state index is 0.229. The van der Waals surface area contributed by atoms with E-state index in [1.54, 1.807) is 0 Å². The zero-order valence-corrected chi connectivity index (χ0v) is 35.4. The molecule has 0 unspecified atom stereocenters. The summed E-state index contributed by atoms with van der Waals surface area (Å²) < 4.78 is 4.93. The van der Waals surface area contributed by atoms with Crippen molar-refractivity contribution in [3.05, 3.63) is 216 Å². The molecule has 2 heterocycles. The van der Waals surface area contributed by atoms with Gasteiger partial charge in [-0.2, -0.15) is 0 Å². The summed E-state index contributed by atoms with van der Waals surface area (Å²) in [6, 6.07) is 72.5. The molecule has 0 saturated heterocycles. The van der Waals surface area contributed by atoms with Gasteiger partial charge in [0, 0.05) is 43.7 Å². The maximum absolute atomic E-state index is 2.56. The molecule has 9 aromatic carbocycles. The maximum Gasteiger partial charge on any atom is 0.0541 e. The monoisotopic (exact) mass is 792 g/mol. The van der Waals surface area contributed by atoms with Crippen molar-refractivity contribution in [1.29, 1.82) is 0 Å². The number of para-hydroxylation sites is 4. The number of aromatic nitrogens is 2. The SMILES string of the molecule is CC1(C)c2ccc(-n3c4ccccc4c4ccccc43)cc2-c2cc(-c3cccc(-c4ccccc4)c3)c3c(c21)C(C)(C)c1ccc(-n2c4ccccc4c4ccccc42)cc1-3. The Morgan fingerprint density at radius 1 is 0.306 bits per heavy atom. The number of rotatable bonds is 4. The quantitative estimate of drug-likeness (QED) is 0.168. The molecule has 0 aliphatic heterocycles. The number of benzene rings is 9. The van der Waals surface area contributed by atoms with Crippen LogP contribution in [0.3, 0.4) is 0 Å². The lowest BCUT2D eigenvalue weighted by Gasteiger charge is -2.31. The molecule has 2 nitrogen and oxygen atoms in total. The molecule has 13 rings (SSSR count). The minimum Gasteiger partial charge on any atom is -0.309 e. The van der Waals surface area contributed by atoms with Gasteiger partial charge >= 0.3 is 0 Å². The van der Waals surface area contributed by atoms with Crippen LogP contribution in [0.25, 0.3) is 99.5 Å². The fourth-order valence-electron chi connectivity index (χ4n) is 11.7. The van der Waals surface area contributed by atoms with Crippen LogP contribution in [0.15, 0.2) is 194 Å². The molecule has 0 radical (unpaired) electrons. The average molecular weight is 793 g/mol. The Morgan fingerprint density at radius 2 is 0.742 bits per heavy atom. The van der Waals surface area contributed by atoms with Crippen molar-refractivity contribution >= 4 is 43.6 Å². The van der Waals surface area contributed by atoms with Crippen molar-refractivity contribution in [3.8, 4) is 55.9 Å². The summed E-state index contributed by atoms with van der Waals surface area (Å²) >= 11 is 0. The zero-order valence-electron chi connectivity index (χ0n) is 35.4. The van der Waals surface area contributed by atoms with E-state index in [9.17, 15) is 0 Å². The van der Waals surface area contributed by atoms with E-state index in [1.807, 2.05) is 0 Å². The van der Waals surface area contributed by atoms with Gasteiger partial charge in [-0.25, -0.2) is 0 Å². The molecule has 2 aliphatic carbocycles. The van der Waals surface area contributed by atoms with Crippen molar-refractivity contribution in [2.24, 2.45) is 0 Å². The van der Waals surface area contributed by atoms with Crippen molar-refractivity contribution in [2.45, 2.75) is 38.5 Å². The molecule has 0 spiro atoms. The first-order valence-electron chi connectivity index (χ1n) is 21.9. The van der Waals surface area contributed by atoms with E-state index in [0.29, 0.717) is 0 Å². The molecule has 0 N–H and O–H groups in total. The predicted molar refractivity (Wildman–Crippen MR) is 261 cm³/mol. The molecule has 294 valence electrons. The molecule has 2 heteroatoms. The highest BCUT2D eigenvalue weighted by Gasteiger charge is 2.47. The molecule has 11 aromatic rings. The first-order chi connectivity index (χ1) is 30.3. The van der Waals surface area contributed by atoms with Gasteiger partial charge < -0.3 is 9.13 Å².